The summed E-state index contributed by atoms with van der Waals surface area (Å²) in [5.74, 6) is -0.132. The third-order valence-electron chi connectivity index (χ3n) is 2.84. The Kier molecular flexibility index (Phi) is 5.29. The summed E-state index contributed by atoms with van der Waals surface area (Å²) in [6.45, 7) is 2.49. The van der Waals surface area contributed by atoms with E-state index in [0.717, 1.165) is 16.8 Å². The molecule has 2 aromatic rings. The van der Waals surface area contributed by atoms with Gasteiger partial charge in [-0.1, -0.05) is 48.5 Å². The number of amides is 1. The maximum atomic E-state index is 11.7. The third kappa shape index (κ3) is 4.50. The average molecular weight is 270 g/mol. The standard InChI is InChI=1S/C16H18N2O2/c1-13-7-5-6-10-15(13)18-16(19)11-17-20-12-14-8-3-2-4-9-14/h2-10,17H,11-12H2,1H3,(H,18,19). The van der Waals surface area contributed by atoms with Gasteiger partial charge in [0, 0.05) is 5.69 Å². The smallest absolute Gasteiger partial charge is 0.240 e. The van der Waals surface area contributed by atoms with E-state index in [-0.39, 0.29) is 12.5 Å². The van der Waals surface area contributed by atoms with Crippen LogP contribution in [0, 0.1) is 6.92 Å². The molecule has 0 bridgehead atoms. The van der Waals surface area contributed by atoms with E-state index in [2.05, 4.69) is 10.8 Å². The van der Waals surface area contributed by atoms with E-state index in [1.54, 1.807) is 0 Å². The SMILES string of the molecule is Cc1ccccc1NC(=O)CNOCc1ccccc1. The number of hydroxylamine groups is 1. The highest BCUT2D eigenvalue weighted by Gasteiger charge is 2.03. The number of carbonyl (C=O) groups is 1. The second-order valence-electron chi connectivity index (χ2n) is 4.46. The van der Waals surface area contributed by atoms with Crippen molar-refractivity contribution in [1.82, 2.24) is 5.48 Å². The molecule has 4 nitrogen and oxygen atoms in total. The zero-order chi connectivity index (χ0) is 14.2. The van der Waals surface area contributed by atoms with Gasteiger partial charge in [0.25, 0.3) is 0 Å². The van der Waals surface area contributed by atoms with Crippen molar-refractivity contribution < 1.29 is 9.63 Å². The van der Waals surface area contributed by atoms with E-state index in [1.165, 1.54) is 0 Å². The number of hydrogen-bond donors (Lipinski definition) is 2. The first-order valence-corrected chi connectivity index (χ1v) is 6.50. The Balaban J connectivity index is 1.69. The minimum Gasteiger partial charge on any atom is -0.325 e. The molecule has 2 rings (SSSR count). The van der Waals surface area contributed by atoms with Gasteiger partial charge >= 0.3 is 0 Å². The Labute approximate surface area is 118 Å². The molecule has 0 saturated carbocycles. The zero-order valence-corrected chi connectivity index (χ0v) is 11.4. The molecule has 4 heteroatoms. The van der Waals surface area contributed by atoms with Crippen molar-refractivity contribution in [2.45, 2.75) is 13.5 Å². The topological polar surface area (TPSA) is 50.4 Å². The monoisotopic (exact) mass is 270 g/mol. The average Bonchev–Trinajstić information content (AvgIpc) is 2.47. The number of para-hydroxylation sites is 1. The Bertz CT molecular complexity index is 555. The molecule has 0 aliphatic heterocycles. The molecule has 0 aliphatic carbocycles. The molecule has 1 amide bonds. The molecule has 2 aromatic carbocycles. The molecule has 104 valence electrons. The molecular weight excluding hydrogens is 252 g/mol. The first-order chi connectivity index (χ1) is 9.75. The van der Waals surface area contributed by atoms with Gasteiger partial charge in [-0.25, -0.2) is 0 Å². The number of nitrogens with one attached hydrogen (secondary N) is 2. The van der Waals surface area contributed by atoms with Crippen LogP contribution in [0.1, 0.15) is 11.1 Å². The van der Waals surface area contributed by atoms with Gasteiger partial charge in [-0.3, -0.25) is 9.63 Å². The van der Waals surface area contributed by atoms with Crippen LogP contribution in [0.4, 0.5) is 5.69 Å². The van der Waals surface area contributed by atoms with Crippen molar-refractivity contribution in [2.75, 3.05) is 11.9 Å². The fourth-order valence-electron chi connectivity index (χ4n) is 1.73. The normalized spacial score (nSPS) is 10.2. The van der Waals surface area contributed by atoms with E-state index >= 15 is 0 Å². The highest BCUT2D eigenvalue weighted by Crippen LogP contribution is 2.12. The van der Waals surface area contributed by atoms with Gasteiger partial charge in [0.05, 0.1) is 6.61 Å². The Morgan fingerprint density at radius 2 is 1.75 bits per heavy atom. The number of anilines is 1. The van der Waals surface area contributed by atoms with Crippen LogP contribution in [-0.4, -0.2) is 12.5 Å². The molecule has 2 N–H and O–H groups in total. The Hall–Kier alpha value is -2.17. The summed E-state index contributed by atoms with van der Waals surface area (Å²) in [7, 11) is 0. The summed E-state index contributed by atoms with van der Waals surface area (Å²) >= 11 is 0. The number of benzene rings is 2. The third-order valence-corrected chi connectivity index (χ3v) is 2.84. The van der Waals surface area contributed by atoms with E-state index in [4.69, 9.17) is 4.84 Å². The first-order valence-electron chi connectivity index (χ1n) is 6.50. The van der Waals surface area contributed by atoms with Crippen molar-refractivity contribution in [3.8, 4) is 0 Å². The van der Waals surface area contributed by atoms with Crippen LogP contribution in [-0.2, 0) is 16.2 Å². The largest absolute Gasteiger partial charge is 0.325 e. The van der Waals surface area contributed by atoms with Crippen LogP contribution in [0.2, 0.25) is 0 Å². The molecule has 0 aromatic heterocycles. The van der Waals surface area contributed by atoms with Gasteiger partial charge in [-0.05, 0) is 24.1 Å². The molecule has 20 heavy (non-hydrogen) atoms. The van der Waals surface area contributed by atoms with Crippen molar-refractivity contribution in [3.63, 3.8) is 0 Å². The lowest BCUT2D eigenvalue weighted by atomic mass is 10.2. The summed E-state index contributed by atoms with van der Waals surface area (Å²) in [6, 6.07) is 17.4. The minimum absolute atomic E-state index is 0.112. The number of aryl methyl sites for hydroxylation is 1. The second-order valence-corrected chi connectivity index (χ2v) is 4.46. The van der Waals surface area contributed by atoms with E-state index < -0.39 is 0 Å². The predicted octanol–water partition coefficient (Wildman–Crippen LogP) is 2.65. The summed E-state index contributed by atoms with van der Waals surface area (Å²) in [5, 5.41) is 2.83. The molecule has 0 radical (unpaired) electrons. The van der Waals surface area contributed by atoms with Gasteiger partial charge < -0.3 is 5.32 Å². The highest BCUT2D eigenvalue weighted by molar-refractivity contribution is 5.92. The van der Waals surface area contributed by atoms with Crippen molar-refractivity contribution in [1.29, 1.82) is 0 Å². The van der Waals surface area contributed by atoms with Crippen LogP contribution in [0.25, 0.3) is 0 Å². The first kappa shape index (κ1) is 14.2. The van der Waals surface area contributed by atoms with Gasteiger partial charge in [-0.2, -0.15) is 5.48 Å². The number of carbonyl (C=O) groups excluding carboxylic acids is 1. The molecule has 0 fully saturated rings. The summed E-state index contributed by atoms with van der Waals surface area (Å²) in [4.78, 5) is 17.0. The zero-order valence-electron chi connectivity index (χ0n) is 11.4. The summed E-state index contributed by atoms with van der Waals surface area (Å²) < 4.78 is 0. The Morgan fingerprint density at radius 3 is 2.50 bits per heavy atom. The van der Waals surface area contributed by atoms with Crippen LogP contribution < -0.4 is 10.8 Å². The lowest BCUT2D eigenvalue weighted by Gasteiger charge is -2.09. The molecule has 0 heterocycles. The lowest BCUT2D eigenvalue weighted by molar-refractivity contribution is -0.118. The summed E-state index contributed by atoms with van der Waals surface area (Å²) in [5.41, 5.74) is 5.57. The fraction of sp³-hybridized carbons (Fsp3) is 0.188. The molecule has 0 unspecified atom stereocenters. The van der Waals surface area contributed by atoms with Gasteiger partial charge in [0.15, 0.2) is 0 Å². The molecule has 0 aliphatic rings. The van der Waals surface area contributed by atoms with Gasteiger partial charge in [0.1, 0.15) is 6.54 Å². The molecule has 0 spiro atoms. The second kappa shape index (κ2) is 7.43. The van der Waals surface area contributed by atoms with Crippen LogP contribution in [0.3, 0.4) is 0 Å². The van der Waals surface area contributed by atoms with Gasteiger partial charge in [0.2, 0.25) is 5.91 Å². The van der Waals surface area contributed by atoms with Crippen molar-refractivity contribution in [3.05, 3.63) is 65.7 Å². The predicted molar refractivity (Wildman–Crippen MR) is 79.0 cm³/mol. The van der Waals surface area contributed by atoms with Crippen LogP contribution >= 0.6 is 0 Å². The molecular formula is C16H18N2O2. The summed E-state index contributed by atoms with van der Waals surface area (Å²) in [6.07, 6.45) is 0. The molecule has 0 saturated heterocycles. The maximum absolute atomic E-state index is 11.7. The van der Waals surface area contributed by atoms with E-state index in [1.807, 2.05) is 61.5 Å². The highest BCUT2D eigenvalue weighted by atomic mass is 16.6. The quantitative estimate of drug-likeness (QED) is 0.626. The number of rotatable bonds is 6. The van der Waals surface area contributed by atoms with Gasteiger partial charge in [-0.15, -0.1) is 0 Å². The van der Waals surface area contributed by atoms with E-state index in [0.29, 0.717) is 6.61 Å². The molecule has 0 atom stereocenters. The van der Waals surface area contributed by atoms with Crippen molar-refractivity contribution in [2.24, 2.45) is 0 Å². The lowest BCUT2D eigenvalue weighted by Crippen LogP contribution is -2.28. The van der Waals surface area contributed by atoms with E-state index in [9.17, 15) is 4.79 Å². The van der Waals surface area contributed by atoms with Crippen molar-refractivity contribution >= 4 is 11.6 Å². The van der Waals surface area contributed by atoms with Crippen LogP contribution in [0.15, 0.2) is 54.6 Å². The number of hydrogen-bond acceptors (Lipinski definition) is 3. The fourth-order valence-corrected chi connectivity index (χ4v) is 1.73. The maximum Gasteiger partial charge on any atom is 0.240 e. The van der Waals surface area contributed by atoms with Crippen LogP contribution in [0.5, 0.6) is 0 Å². The Morgan fingerprint density at radius 1 is 1.05 bits per heavy atom. The minimum atomic E-state index is -0.132.